The lowest BCUT2D eigenvalue weighted by Gasteiger charge is -2.29. The van der Waals surface area contributed by atoms with Gasteiger partial charge in [0.05, 0.1) is 5.56 Å². The summed E-state index contributed by atoms with van der Waals surface area (Å²) in [7, 11) is 0. The molecule has 0 bridgehead atoms. The van der Waals surface area contributed by atoms with Crippen molar-refractivity contribution < 1.29 is 4.79 Å². The van der Waals surface area contributed by atoms with Gasteiger partial charge < -0.3 is 5.32 Å². The van der Waals surface area contributed by atoms with Crippen molar-refractivity contribution in [3.05, 3.63) is 22.4 Å². The lowest BCUT2D eigenvalue weighted by atomic mass is 9.89. The highest BCUT2D eigenvalue weighted by atomic mass is 32.1. The Morgan fingerprint density at radius 2 is 2.33 bits per heavy atom. The van der Waals surface area contributed by atoms with Crippen LogP contribution < -0.4 is 5.32 Å². The van der Waals surface area contributed by atoms with Crippen LogP contribution in [0, 0.1) is 18.3 Å². The predicted molar refractivity (Wildman–Crippen MR) is 63.9 cm³/mol. The Kier molecular flexibility index (Phi) is 3.54. The van der Waals surface area contributed by atoms with Crippen LogP contribution in [0.3, 0.4) is 0 Å². The number of thiophene rings is 1. The molecule has 0 aliphatic rings. The smallest absolute Gasteiger partial charge is 0.253 e. The molecule has 80 valence electrons. The molecule has 3 heteroatoms. The Morgan fingerprint density at radius 1 is 1.67 bits per heavy atom. The minimum absolute atomic E-state index is 0.106. The number of carbonyl (C=O) groups excluding carboxylic acids is 1. The summed E-state index contributed by atoms with van der Waals surface area (Å²) in [4.78, 5) is 11.8. The average Bonchev–Trinajstić information content (AvgIpc) is 2.70. The van der Waals surface area contributed by atoms with Crippen LogP contribution in [0.4, 0.5) is 0 Å². The lowest BCUT2D eigenvalue weighted by Crippen LogP contribution is -2.48. The molecule has 0 aliphatic carbocycles. The molecule has 1 amide bonds. The van der Waals surface area contributed by atoms with E-state index < -0.39 is 5.54 Å². The standard InChI is InChI=1S/C12H15NOS/c1-5-12(4,9(2)3)13-11(14)10-6-7-15-8-10/h1,6-9H,2-4H3,(H,13,14)/t12-/m1/s1. The monoisotopic (exact) mass is 221 g/mol. The van der Waals surface area contributed by atoms with E-state index in [1.54, 1.807) is 6.07 Å². The van der Waals surface area contributed by atoms with Crippen LogP contribution in [0.1, 0.15) is 31.1 Å². The molecule has 2 nitrogen and oxygen atoms in total. The number of nitrogens with one attached hydrogen (secondary N) is 1. The first kappa shape index (κ1) is 11.8. The summed E-state index contributed by atoms with van der Waals surface area (Å²) in [5.41, 5.74) is 0.0843. The fourth-order valence-electron chi connectivity index (χ4n) is 1.05. The molecule has 0 fully saturated rings. The van der Waals surface area contributed by atoms with Crippen LogP contribution in [0.2, 0.25) is 0 Å². The van der Waals surface area contributed by atoms with Crippen molar-refractivity contribution in [2.24, 2.45) is 5.92 Å². The fraction of sp³-hybridized carbons (Fsp3) is 0.417. The molecule has 0 radical (unpaired) electrons. The van der Waals surface area contributed by atoms with E-state index in [4.69, 9.17) is 6.42 Å². The van der Waals surface area contributed by atoms with Crippen LogP contribution in [-0.4, -0.2) is 11.4 Å². The topological polar surface area (TPSA) is 29.1 Å². The van der Waals surface area contributed by atoms with Crippen LogP contribution in [0.15, 0.2) is 16.8 Å². The third-order valence-corrected chi connectivity index (χ3v) is 3.29. The van der Waals surface area contributed by atoms with Crippen LogP contribution in [0.5, 0.6) is 0 Å². The molecule has 1 aromatic heterocycles. The summed E-state index contributed by atoms with van der Waals surface area (Å²) in [6.07, 6.45) is 5.45. The van der Waals surface area contributed by atoms with Crippen LogP contribution in [-0.2, 0) is 0 Å². The van der Waals surface area contributed by atoms with E-state index in [0.717, 1.165) is 0 Å². The van der Waals surface area contributed by atoms with E-state index in [0.29, 0.717) is 5.56 Å². The maximum Gasteiger partial charge on any atom is 0.253 e. The van der Waals surface area contributed by atoms with E-state index >= 15 is 0 Å². The SMILES string of the molecule is C#C[C@@](C)(NC(=O)c1ccsc1)C(C)C. The first-order chi connectivity index (χ1) is 6.99. The molecular weight excluding hydrogens is 206 g/mol. The van der Waals surface area contributed by atoms with Crippen molar-refractivity contribution in [3.8, 4) is 12.3 Å². The summed E-state index contributed by atoms with van der Waals surface area (Å²) in [6.45, 7) is 5.85. The summed E-state index contributed by atoms with van der Waals surface area (Å²) >= 11 is 1.50. The minimum Gasteiger partial charge on any atom is -0.336 e. The molecule has 0 saturated heterocycles. The minimum atomic E-state index is -0.584. The quantitative estimate of drug-likeness (QED) is 0.781. The van der Waals surface area contributed by atoms with Crippen molar-refractivity contribution in [2.75, 3.05) is 0 Å². The zero-order valence-electron chi connectivity index (χ0n) is 9.20. The highest BCUT2D eigenvalue weighted by Gasteiger charge is 2.27. The highest BCUT2D eigenvalue weighted by Crippen LogP contribution is 2.16. The molecule has 0 saturated carbocycles. The Hall–Kier alpha value is -1.27. The largest absolute Gasteiger partial charge is 0.336 e. The van der Waals surface area contributed by atoms with Gasteiger partial charge in [0.2, 0.25) is 0 Å². The number of terminal acetylenes is 1. The van der Waals surface area contributed by atoms with E-state index in [2.05, 4.69) is 11.2 Å². The second-order valence-corrected chi connectivity index (χ2v) is 4.75. The summed E-state index contributed by atoms with van der Waals surface area (Å²) < 4.78 is 0. The van der Waals surface area contributed by atoms with Gasteiger partial charge in [0.15, 0.2) is 0 Å². The van der Waals surface area contributed by atoms with Crippen molar-refractivity contribution in [1.29, 1.82) is 0 Å². The second kappa shape index (κ2) is 4.50. The van der Waals surface area contributed by atoms with Gasteiger partial charge in [-0.2, -0.15) is 11.3 Å². The number of rotatable bonds is 3. The first-order valence-electron chi connectivity index (χ1n) is 4.82. The normalized spacial score (nSPS) is 14.3. The zero-order valence-corrected chi connectivity index (χ0v) is 10.0. The maximum atomic E-state index is 11.8. The van der Waals surface area contributed by atoms with Gasteiger partial charge in [0, 0.05) is 5.38 Å². The molecule has 1 rings (SSSR count). The molecule has 0 unspecified atom stereocenters. The van der Waals surface area contributed by atoms with E-state index in [1.165, 1.54) is 11.3 Å². The van der Waals surface area contributed by atoms with E-state index in [1.807, 2.05) is 31.5 Å². The average molecular weight is 221 g/mol. The van der Waals surface area contributed by atoms with Gasteiger partial charge in [0.1, 0.15) is 5.54 Å². The molecule has 1 atom stereocenters. The predicted octanol–water partition coefficient (Wildman–Crippen LogP) is 2.53. The van der Waals surface area contributed by atoms with Gasteiger partial charge >= 0.3 is 0 Å². The van der Waals surface area contributed by atoms with Gasteiger partial charge in [0.25, 0.3) is 5.91 Å². The number of amides is 1. The number of hydrogen-bond donors (Lipinski definition) is 1. The Labute approximate surface area is 94.7 Å². The molecule has 1 heterocycles. The fourth-order valence-corrected chi connectivity index (χ4v) is 1.68. The summed E-state index contributed by atoms with van der Waals surface area (Å²) in [5.74, 6) is 2.74. The van der Waals surface area contributed by atoms with Gasteiger partial charge in [-0.15, -0.1) is 6.42 Å². The molecule has 0 spiro atoms. The third kappa shape index (κ3) is 2.60. The van der Waals surface area contributed by atoms with Gasteiger partial charge in [-0.1, -0.05) is 19.8 Å². The maximum absolute atomic E-state index is 11.8. The molecular formula is C12H15NOS. The molecule has 0 aromatic carbocycles. The van der Waals surface area contributed by atoms with Gasteiger partial charge in [-0.3, -0.25) is 4.79 Å². The number of hydrogen-bond acceptors (Lipinski definition) is 2. The zero-order chi connectivity index (χ0) is 11.5. The van der Waals surface area contributed by atoms with Crippen molar-refractivity contribution in [2.45, 2.75) is 26.3 Å². The molecule has 1 aromatic rings. The van der Waals surface area contributed by atoms with E-state index in [-0.39, 0.29) is 11.8 Å². The molecule has 1 N–H and O–H groups in total. The molecule has 0 aliphatic heterocycles. The van der Waals surface area contributed by atoms with Crippen molar-refractivity contribution in [3.63, 3.8) is 0 Å². The van der Waals surface area contributed by atoms with Gasteiger partial charge in [-0.05, 0) is 24.3 Å². The lowest BCUT2D eigenvalue weighted by molar-refractivity contribution is 0.0909. The van der Waals surface area contributed by atoms with Crippen molar-refractivity contribution in [1.82, 2.24) is 5.32 Å². The van der Waals surface area contributed by atoms with Crippen LogP contribution in [0.25, 0.3) is 0 Å². The Balaban J connectivity index is 2.78. The molecule has 15 heavy (non-hydrogen) atoms. The van der Waals surface area contributed by atoms with Crippen molar-refractivity contribution >= 4 is 17.2 Å². The third-order valence-electron chi connectivity index (χ3n) is 2.61. The summed E-state index contributed by atoms with van der Waals surface area (Å²) in [6, 6.07) is 1.79. The Morgan fingerprint density at radius 3 is 2.73 bits per heavy atom. The Bertz CT molecular complexity index is 375. The summed E-state index contributed by atoms with van der Waals surface area (Å²) in [5, 5.41) is 6.56. The van der Waals surface area contributed by atoms with Crippen LogP contribution >= 0.6 is 11.3 Å². The van der Waals surface area contributed by atoms with Gasteiger partial charge in [-0.25, -0.2) is 0 Å². The number of carbonyl (C=O) groups is 1. The highest BCUT2D eigenvalue weighted by molar-refractivity contribution is 7.08. The second-order valence-electron chi connectivity index (χ2n) is 3.97. The van der Waals surface area contributed by atoms with E-state index in [9.17, 15) is 4.79 Å². The first-order valence-corrected chi connectivity index (χ1v) is 5.76.